The minimum atomic E-state index is -3.79. The lowest BCUT2D eigenvalue weighted by atomic mass is 10.0. The molecule has 0 aliphatic rings. The molecule has 1 aromatic heterocycles. The van der Waals surface area contributed by atoms with Gasteiger partial charge in [-0.3, -0.25) is 4.79 Å². The quantitative estimate of drug-likeness (QED) is 0.809. The predicted octanol–water partition coefficient (Wildman–Crippen LogP) is 2.96. The standard InChI is InChI=1S/C18H24N2O3S2/c1-11-9-12(2)14(4)17(13(11)3)25(22,23)20-15(5)18(21)19-10-16-7-6-8-24-16/h6-9,15,20H,10H2,1-5H3,(H,19,21)/t15-/m0/s1. The summed E-state index contributed by atoms with van der Waals surface area (Å²) >= 11 is 1.54. The molecule has 0 saturated heterocycles. The molecule has 2 aromatic rings. The van der Waals surface area contributed by atoms with Gasteiger partial charge in [-0.25, -0.2) is 8.42 Å². The smallest absolute Gasteiger partial charge is 0.241 e. The molecule has 5 nitrogen and oxygen atoms in total. The van der Waals surface area contributed by atoms with Gasteiger partial charge >= 0.3 is 0 Å². The van der Waals surface area contributed by atoms with E-state index in [0.717, 1.165) is 16.0 Å². The molecule has 0 fully saturated rings. The van der Waals surface area contributed by atoms with Gasteiger partial charge in [0.05, 0.1) is 17.5 Å². The number of hydrogen-bond donors (Lipinski definition) is 2. The molecule has 1 amide bonds. The molecule has 7 heteroatoms. The fourth-order valence-corrected chi connectivity index (χ4v) is 5.13. The summed E-state index contributed by atoms with van der Waals surface area (Å²) in [5.41, 5.74) is 3.25. The lowest BCUT2D eigenvalue weighted by molar-refractivity contribution is -0.122. The van der Waals surface area contributed by atoms with Gasteiger partial charge in [0.25, 0.3) is 0 Å². The first-order valence-corrected chi connectivity index (χ1v) is 10.4. The van der Waals surface area contributed by atoms with Crippen LogP contribution in [0.2, 0.25) is 0 Å². The molecule has 2 N–H and O–H groups in total. The molecule has 25 heavy (non-hydrogen) atoms. The summed E-state index contributed by atoms with van der Waals surface area (Å²) in [6.07, 6.45) is 0. The molecule has 0 aliphatic carbocycles. The van der Waals surface area contributed by atoms with Crippen molar-refractivity contribution < 1.29 is 13.2 Å². The van der Waals surface area contributed by atoms with Crippen molar-refractivity contribution in [2.75, 3.05) is 0 Å². The van der Waals surface area contributed by atoms with Gasteiger partial charge in [-0.2, -0.15) is 4.72 Å². The Bertz CT molecular complexity index is 846. The molecule has 0 bridgehead atoms. The van der Waals surface area contributed by atoms with E-state index in [2.05, 4.69) is 10.0 Å². The number of nitrogens with one attached hydrogen (secondary N) is 2. The molecule has 2 rings (SSSR count). The highest BCUT2D eigenvalue weighted by Crippen LogP contribution is 2.26. The summed E-state index contributed by atoms with van der Waals surface area (Å²) in [4.78, 5) is 13.5. The Morgan fingerprint density at radius 2 is 1.76 bits per heavy atom. The third-order valence-electron chi connectivity index (χ3n) is 4.31. The predicted molar refractivity (Wildman–Crippen MR) is 101 cm³/mol. The van der Waals surface area contributed by atoms with E-state index in [1.807, 2.05) is 37.4 Å². The van der Waals surface area contributed by atoms with E-state index >= 15 is 0 Å². The number of thiophene rings is 1. The van der Waals surface area contributed by atoms with E-state index in [1.54, 1.807) is 32.1 Å². The lowest BCUT2D eigenvalue weighted by Crippen LogP contribution is -2.44. The van der Waals surface area contributed by atoms with E-state index in [1.165, 1.54) is 0 Å². The van der Waals surface area contributed by atoms with Crippen LogP contribution < -0.4 is 10.0 Å². The molecule has 0 saturated carbocycles. The number of carbonyl (C=O) groups excluding carboxylic acids is 1. The fourth-order valence-electron chi connectivity index (χ4n) is 2.67. The van der Waals surface area contributed by atoms with Crippen molar-refractivity contribution in [2.24, 2.45) is 0 Å². The molecule has 0 spiro atoms. The van der Waals surface area contributed by atoms with E-state index in [0.29, 0.717) is 17.7 Å². The highest BCUT2D eigenvalue weighted by molar-refractivity contribution is 7.89. The molecule has 0 unspecified atom stereocenters. The Kier molecular flexibility index (Phi) is 6.03. The second kappa shape index (κ2) is 7.68. The molecule has 136 valence electrons. The summed E-state index contributed by atoms with van der Waals surface area (Å²) in [5.74, 6) is -0.350. The van der Waals surface area contributed by atoms with Crippen LogP contribution in [0.1, 0.15) is 34.1 Å². The largest absolute Gasteiger partial charge is 0.350 e. The van der Waals surface area contributed by atoms with Gasteiger partial charge in [-0.05, 0) is 68.3 Å². The number of hydrogen-bond acceptors (Lipinski definition) is 4. The molecule has 0 radical (unpaired) electrons. The van der Waals surface area contributed by atoms with E-state index in [-0.39, 0.29) is 10.8 Å². The third-order valence-corrected chi connectivity index (χ3v) is 7.00. The summed E-state index contributed by atoms with van der Waals surface area (Å²) < 4.78 is 28.2. The van der Waals surface area contributed by atoms with Crippen LogP contribution in [-0.2, 0) is 21.4 Å². The minimum Gasteiger partial charge on any atom is -0.350 e. The molecular weight excluding hydrogens is 356 g/mol. The molecular formula is C18H24N2O3S2. The van der Waals surface area contributed by atoms with Crippen molar-refractivity contribution in [1.82, 2.24) is 10.0 Å². The number of sulfonamides is 1. The van der Waals surface area contributed by atoms with E-state index < -0.39 is 16.1 Å². The molecule has 1 aromatic carbocycles. The Hall–Kier alpha value is -1.70. The van der Waals surface area contributed by atoms with Crippen molar-refractivity contribution in [1.29, 1.82) is 0 Å². The van der Waals surface area contributed by atoms with Gasteiger partial charge in [0, 0.05) is 4.88 Å². The van der Waals surface area contributed by atoms with Gasteiger partial charge in [0.1, 0.15) is 0 Å². The maximum absolute atomic E-state index is 12.8. The Morgan fingerprint density at radius 3 is 2.28 bits per heavy atom. The zero-order chi connectivity index (χ0) is 18.8. The zero-order valence-corrected chi connectivity index (χ0v) is 16.8. The van der Waals surface area contributed by atoms with Crippen molar-refractivity contribution in [3.8, 4) is 0 Å². The van der Waals surface area contributed by atoms with Crippen LogP contribution in [0.4, 0.5) is 0 Å². The monoisotopic (exact) mass is 380 g/mol. The molecule has 1 atom stereocenters. The number of carbonyl (C=O) groups is 1. The van der Waals surface area contributed by atoms with Crippen LogP contribution in [0, 0.1) is 27.7 Å². The van der Waals surface area contributed by atoms with Crippen molar-refractivity contribution >= 4 is 27.3 Å². The van der Waals surface area contributed by atoms with Gasteiger partial charge in [-0.1, -0.05) is 12.1 Å². The van der Waals surface area contributed by atoms with Crippen molar-refractivity contribution in [3.63, 3.8) is 0 Å². The average Bonchev–Trinajstić information content (AvgIpc) is 3.03. The fraction of sp³-hybridized carbons (Fsp3) is 0.389. The lowest BCUT2D eigenvalue weighted by Gasteiger charge is -2.19. The average molecular weight is 381 g/mol. The third kappa shape index (κ3) is 4.48. The maximum atomic E-state index is 12.8. The first-order chi connectivity index (χ1) is 11.6. The Morgan fingerprint density at radius 1 is 1.16 bits per heavy atom. The number of aryl methyl sites for hydroxylation is 2. The zero-order valence-electron chi connectivity index (χ0n) is 15.1. The van der Waals surface area contributed by atoms with E-state index in [9.17, 15) is 13.2 Å². The minimum absolute atomic E-state index is 0.267. The summed E-state index contributed by atoms with van der Waals surface area (Å²) in [5, 5.41) is 4.69. The first kappa shape index (κ1) is 19.6. The summed E-state index contributed by atoms with van der Waals surface area (Å²) in [6.45, 7) is 9.30. The molecule has 1 heterocycles. The van der Waals surface area contributed by atoms with Gasteiger partial charge in [0.15, 0.2) is 0 Å². The van der Waals surface area contributed by atoms with Crippen LogP contribution in [0.25, 0.3) is 0 Å². The number of rotatable bonds is 6. The second-order valence-electron chi connectivity index (χ2n) is 6.23. The van der Waals surface area contributed by atoms with Crippen LogP contribution in [-0.4, -0.2) is 20.4 Å². The first-order valence-electron chi connectivity index (χ1n) is 8.03. The number of benzene rings is 1. The normalized spacial score (nSPS) is 12.8. The van der Waals surface area contributed by atoms with Crippen LogP contribution in [0.15, 0.2) is 28.5 Å². The topological polar surface area (TPSA) is 75.3 Å². The second-order valence-corrected chi connectivity index (χ2v) is 8.91. The maximum Gasteiger partial charge on any atom is 0.241 e. The van der Waals surface area contributed by atoms with Gasteiger partial charge in [0.2, 0.25) is 15.9 Å². The van der Waals surface area contributed by atoms with Crippen LogP contribution in [0.3, 0.4) is 0 Å². The Balaban J connectivity index is 2.17. The van der Waals surface area contributed by atoms with Crippen LogP contribution >= 0.6 is 11.3 Å². The van der Waals surface area contributed by atoms with Crippen molar-refractivity contribution in [3.05, 3.63) is 50.7 Å². The highest BCUT2D eigenvalue weighted by Gasteiger charge is 2.26. The highest BCUT2D eigenvalue weighted by atomic mass is 32.2. The van der Waals surface area contributed by atoms with Crippen molar-refractivity contribution in [2.45, 2.75) is 52.1 Å². The molecule has 0 aliphatic heterocycles. The summed E-state index contributed by atoms with van der Waals surface area (Å²) in [6, 6.07) is 4.94. The van der Waals surface area contributed by atoms with Crippen LogP contribution in [0.5, 0.6) is 0 Å². The Labute approximate surface area is 153 Å². The van der Waals surface area contributed by atoms with E-state index in [4.69, 9.17) is 0 Å². The number of amides is 1. The van der Waals surface area contributed by atoms with Gasteiger partial charge < -0.3 is 5.32 Å². The van der Waals surface area contributed by atoms with Gasteiger partial charge in [-0.15, -0.1) is 11.3 Å². The summed E-state index contributed by atoms with van der Waals surface area (Å²) in [7, 11) is -3.79. The SMILES string of the molecule is Cc1cc(C)c(C)c(S(=O)(=O)N[C@@H](C)C(=O)NCc2cccs2)c1C.